The summed E-state index contributed by atoms with van der Waals surface area (Å²) in [5.41, 5.74) is 2.38. The molecule has 90 valence electrons. The number of hydrogen-bond acceptors (Lipinski definition) is 3. The Morgan fingerprint density at radius 3 is 2.73 bits per heavy atom. The minimum atomic E-state index is -4.26. The minimum absolute atomic E-state index is 0.284. The number of nitrogens with zero attached hydrogens (tertiary/aromatic N) is 1. The second-order valence-corrected chi connectivity index (χ2v) is 3.88. The van der Waals surface area contributed by atoms with E-state index in [1.54, 1.807) is 0 Å². The standard InChI is InChI=1S/C9H17F3N2O/c1-14-5-3-2-4-8(14)6-13-15-7-9(10,11)12/h8,13H,2-7H2,1H3. The Labute approximate surface area is 87.5 Å². The molecule has 15 heavy (non-hydrogen) atoms. The van der Waals surface area contributed by atoms with Gasteiger partial charge in [-0.3, -0.25) is 4.84 Å². The van der Waals surface area contributed by atoms with E-state index in [9.17, 15) is 13.2 Å². The number of hydrogen-bond donors (Lipinski definition) is 1. The highest BCUT2D eigenvalue weighted by Crippen LogP contribution is 2.15. The van der Waals surface area contributed by atoms with E-state index in [-0.39, 0.29) is 6.04 Å². The van der Waals surface area contributed by atoms with Gasteiger partial charge in [0.1, 0.15) is 0 Å². The van der Waals surface area contributed by atoms with Gasteiger partial charge in [-0.1, -0.05) is 6.42 Å². The zero-order valence-electron chi connectivity index (χ0n) is 8.81. The fourth-order valence-electron chi connectivity index (χ4n) is 1.69. The molecule has 0 aromatic heterocycles. The average Bonchev–Trinajstić information content (AvgIpc) is 2.13. The third-order valence-electron chi connectivity index (χ3n) is 2.58. The molecule has 6 heteroatoms. The highest BCUT2D eigenvalue weighted by Gasteiger charge is 2.28. The van der Waals surface area contributed by atoms with Crippen LogP contribution in [0.25, 0.3) is 0 Å². The Bertz CT molecular complexity index is 187. The van der Waals surface area contributed by atoms with Crippen molar-refractivity contribution in [2.75, 3.05) is 26.7 Å². The molecule has 0 radical (unpaired) electrons. The van der Waals surface area contributed by atoms with Crippen molar-refractivity contribution in [1.29, 1.82) is 0 Å². The van der Waals surface area contributed by atoms with Crippen molar-refractivity contribution in [1.82, 2.24) is 10.4 Å². The third kappa shape index (κ3) is 5.34. The topological polar surface area (TPSA) is 24.5 Å². The van der Waals surface area contributed by atoms with E-state index in [1.165, 1.54) is 0 Å². The van der Waals surface area contributed by atoms with Crippen molar-refractivity contribution in [3.63, 3.8) is 0 Å². The highest BCUT2D eigenvalue weighted by molar-refractivity contribution is 4.74. The fraction of sp³-hybridized carbons (Fsp3) is 1.00. The predicted octanol–water partition coefficient (Wildman–Crippen LogP) is 1.55. The maximum atomic E-state index is 11.7. The van der Waals surface area contributed by atoms with Gasteiger partial charge in [-0.25, -0.2) is 5.48 Å². The van der Waals surface area contributed by atoms with Gasteiger partial charge in [-0.2, -0.15) is 13.2 Å². The molecule has 1 rings (SSSR count). The largest absolute Gasteiger partial charge is 0.413 e. The van der Waals surface area contributed by atoms with Gasteiger partial charge in [0.05, 0.1) is 0 Å². The molecule has 0 aromatic carbocycles. The second kappa shape index (κ2) is 5.67. The number of likely N-dealkylation sites (tertiary alicyclic amines) is 1. The van der Waals surface area contributed by atoms with Crippen molar-refractivity contribution in [2.24, 2.45) is 0 Å². The average molecular weight is 226 g/mol. The van der Waals surface area contributed by atoms with Crippen LogP contribution in [0.3, 0.4) is 0 Å². The second-order valence-electron chi connectivity index (χ2n) is 3.88. The Balaban J connectivity index is 2.08. The van der Waals surface area contributed by atoms with Gasteiger partial charge in [-0.05, 0) is 26.4 Å². The summed E-state index contributed by atoms with van der Waals surface area (Å²) in [6.45, 7) is 0.224. The number of piperidine rings is 1. The summed E-state index contributed by atoms with van der Waals surface area (Å²) in [5, 5.41) is 0. The maximum absolute atomic E-state index is 11.7. The molecule has 1 aliphatic rings. The SMILES string of the molecule is CN1CCCCC1CNOCC(F)(F)F. The number of alkyl halides is 3. The molecule has 0 amide bonds. The molecule has 1 unspecified atom stereocenters. The van der Waals surface area contributed by atoms with Crippen LogP contribution in [0.1, 0.15) is 19.3 Å². The smallest absolute Gasteiger partial charge is 0.302 e. The lowest BCUT2D eigenvalue weighted by Gasteiger charge is -2.32. The summed E-state index contributed by atoms with van der Waals surface area (Å²) in [5.74, 6) is 0. The predicted molar refractivity (Wildman–Crippen MR) is 50.3 cm³/mol. The van der Waals surface area contributed by atoms with Crippen molar-refractivity contribution in [3.8, 4) is 0 Å². The van der Waals surface area contributed by atoms with E-state index in [4.69, 9.17) is 0 Å². The summed E-state index contributed by atoms with van der Waals surface area (Å²) in [6, 6.07) is 0.284. The first-order valence-electron chi connectivity index (χ1n) is 5.10. The highest BCUT2D eigenvalue weighted by atomic mass is 19.4. The molecule has 1 heterocycles. The first-order valence-corrected chi connectivity index (χ1v) is 5.10. The van der Waals surface area contributed by atoms with Crippen molar-refractivity contribution < 1.29 is 18.0 Å². The Morgan fingerprint density at radius 2 is 2.13 bits per heavy atom. The van der Waals surface area contributed by atoms with Gasteiger partial charge in [0.25, 0.3) is 0 Å². The zero-order chi connectivity index (χ0) is 11.3. The lowest BCUT2D eigenvalue weighted by Crippen LogP contribution is -2.43. The summed E-state index contributed by atoms with van der Waals surface area (Å²) in [6.07, 6.45) is -0.948. The van der Waals surface area contributed by atoms with Crippen LogP contribution < -0.4 is 5.48 Å². The minimum Gasteiger partial charge on any atom is -0.302 e. The van der Waals surface area contributed by atoms with E-state index in [2.05, 4.69) is 15.2 Å². The third-order valence-corrected chi connectivity index (χ3v) is 2.58. The number of likely N-dealkylation sites (N-methyl/N-ethyl adjacent to an activating group) is 1. The number of rotatable bonds is 4. The summed E-state index contributed by atoms with van der Waals surface area (Å²) in [4.78, 5) is 6.49. The van der Waals surface area contributed by atoms with Crippen LogP contribution in [-0.4, -0.2) is 43.9 Å². The number of hydroxylamine groups is 1. The van der Waals surface area contributed by atoms with Gasteiger partial charge < -0.3 is 4.90 Å². The van der Waals surface area contributed by atoms with E-state index < -0.39 is 12.8 Å². The van der Waals surface area contributed by atoms with E-state index in [0.717, 1.165) is 25.8 Å². The summed E-state index contributed by atoms with van der Waals surface area (Å²) < 4.78 is 35.2. The number of nitrogens with one attached hydrogen (secondary N) is 1. The van der Waals surface area contributed by atoms with Gasteiger partial charge in [0.15, 0.2) is 6.61 Å². The van der Waals surface area contributed by atoms with Gasteiger partial charge in [0.2, 0.25) is 0 Å². The first-order chi connectivity index (χ1) is 6.99. The zero-order valence-corrected chi connectivity index (χ0v) is 8.81. The molecule has 1 atom stereocenters. The van der Waals surface area contributed by atoms with Crippen LogP contribution >= 0.6 is 0 Å². The molecule has 0 aromatic rings. The molecule has 0 saturated carbocycles. The van der Waals surface area contributed by atoms with Crippen molar-refractivity contribution in [2.45, 2.75) is 31.5 Å². The monoisotopic (exact) mass is 226 g/mol. The van der Waals surface area contributed by atoms with E-state index in [1.807, 2.05) is 7.05 Å². The molecule has 0 spiro atoms. The molecule has 0 bridgehead atoms. The Morgan fingerprint density at radius 1 is 1.40 bits per heavy atom. The van der Waals surface area contributed by atoms with Crippen LogP contribution in [0.2, 0.25) is 0 Å². The molecule has 1 fully saturated rings. The summed E-state index contributed by atoms with van der Waals surface area (Å²) >= 11 is 0. The lowest BCUT2D eigenvalue weighted by molar-refractivity contribution is -0.190. The Kier molecular flexibility index (Phi) is 4.82. The quantitative estimate of drug-likeness (QED) is 0.581. The molecule has 3 nitrogen and oxygen atoms in total. The van der Waals surface area contributed by atoms with E-state index >= 15 is 0 Å². The van der Waals surface area contributed by atoms with Crippen LogP contribution in [-0.2, 0) is 4.84 Å². The fourth-order valence-corrected chi connectivity index (χ4v) is 1.69. The van der Waals surface area contributed by atoms with Gasteiger partial charge in [0, 0.05) is 12.6 Å². The molecule has 1 saturated heterocycles. The Hall–Kier alpha value is -0.330. The normalized spacial score (nSPS) is 24.4. The van der Waals surface area contributed by atoms with Crippen molar-refractivity contribution in [3.05, 3.63) is 0 Å². The van der Waals surface area contributed by atoms with Gasteiger partial charge in [-0.15, -0.1) is 0 Å². The van der Waals surface area contributed by atoms with Crippen LogP contribution in [0.5, 0.6) is 0 Å². The van der Waals surface area contributed by atoms with Crippen LogP contribution in [0.15, 0.2) is 0 Å². The summed E-state index contributed by atoms with van der Waals surface area (Å²) in [7, 11) is 1.98. The molecular formula is C9H17F3N2O. The molecular weight excluding hydrogens is 209 g/mol. The molecule has 1 N–H and O–H groups in total. The molecule has 0 aliphatic carbocycles. The van der Waals surface area contributed by atoms with Crippen LogP contribution in [0.4, 0.5) is 13.2 Å². The first kappa shape index (κ1) is 12.7. The number of halogens is 3. The lowest BCUT2D eigenvalue weighted by atomic mass is 10.0. The van der Waals surface area contributed by atoms with Crippen molar-refractivity contribution >= 4 is 0 Å². The molecule has 1 aliphatic heterocycles. The van der Waals surface area contributed by atoms with Crippen LogP contribution in [0, 0.1) is 0 Å². The maximum Gasteiger partial charge on any atom is 0.413 e. The van der Waals surface area contributed by atoms with E-state index in [0.29, 0.717) is 6.54 Å². The van der Waals surface area contributed by atoms with Gasteiger partial charge >= 0.3 is 6.18 Å².